The first-order chi connectivity index (χ1) is 10.5. The van der Waals surface area contributed by atoms with E-state index in [0.717, 1.165) is 5.56 Å². The Kier molecular flexibility index (Phi) is 3.97. The average Bonchev–Trinajstić information content (AvgIpc) is 2.88. The Hall–Kier alpha value is -2.16. The lowest BCUT2D eigenvalue weighted by Crippen LogP contribution is -2.15. The van der Waals surface area contributed by atoms with E-state index in [2.05, 4.69) is 15.0 Å². The van der Waals surface area contributed by atoms with E-state index in [1.54, 1.807) is 12.1 Å². The van der Waals surface area contributed by atoms with Gasteiger partial charge in [0.25, 0.3) is 0 Å². The predicted octanol–water partition coefficient (Wildman–Crippen LogP) is 1.75. The molecule has 6 nitrogen and oxygen atoms in total. The molecular formula is C14H12FN4O2S-. The van der Waals surface area contributed by atoms with Crippen LogP contribution < -0.4 is 4.72 Å². The average molecular weight is 319 g/mol. The Morgan fingerprint density at radius 1 is 1.32 bits per heavy atom. The molecule has 0 fully saturated rings. The summed E-state index contributed by atoms with van der Waals surface area (Å²) in [6.07, 6.45) is 0. The van der Waals surface area contributed by atoms with Crippen molar-refractivity contribution in [3.63, 3.8) is 0 Å². The van der Waals surface area contributed by atoms with Crippen molar-refractivity contribution in [3.05, 3.63) is 53.3 Å². The van der Waals surface area contributed by atoms with E-state index in [0.29, 0.717) is 16.6 Å². The number of nitrogens with one attached hydrogen (secondary N) is 1. The maximum atomic E-state index is 14.3. The molecule has 0 saturated heterocycles. The standard InChI is InChI=1S/C14H13FN4O2S/c1-9-2-4-14-12(6-9)17-18-19(14)13-5-3-10(7-11(13)15)8-16-22(20)21/h2-7,16H,8H2,1H3,(H,20,21)/p-1. The van der Waals surface area contributed by atoms with Crippen molar-refractivity contribution in [2.75, 3.05) is 0 Å². The molecular weight excluding hydrogens is 307 g/mol. The fraction of sp³-hybridized carbons (Fsp3) is 0.143. The molecule has 1 heterocycles. The van der Waals surface area contributed by atoms with Crippen LogP contribution in [0, 0.1) is 12.7 Å². The van der Waals surface area contributed by atoms with Crippen LogP contribution in [-0.4, -0.2) is 23.8 Å². The van der Waals surface area contributed by atoms with Crippen LogP contribution in [0.2, 0.25) is 0 Å². The molecule has 0 aliphatic rings. The van der Waals surface area contributed by atoms with E-state index < -0.39 is 17.1 Å². The SMILES string of the molecule is Cc1ccc2c(c1)nnn2-c1ccc(CNS(=O)[O-])cc1F. The van der Waals surface area contributed by atoms with Crippen molar-refractivity contribution in [1.82, 2.24) is 19.7 Å². The molecule has 0 radical (unpaired) electrons. The number of aromatic nitrogens is 3. The second kappa shape index (κ2) is 5.91. The third-order valence-corrected chi connectivity index (χ3v) is 3.62. The minimum Gasteiger partial charge on any atom is -0.760 e. The van der Waals surface area contributed by atoms with Crippen molar-refractivity contribution >= 4 is 22.3 Å². The number of halogens is 1. The third kappa shape index (κ3) is 2.89. The Bertz CT molecular complexity index is 865. The number of hydrogen-bond donors (Lipinski definition) is 1. The molecule has 8 heteroatoms. The number of rotatable bonds is 4. The highest BCUT2D eigenvalue weighted by Gasteiger charge is 2.11. The second-order valence-corrected chi connectivity index (χ2v) is 5.59. The number of fused-ring (bicyclic) bond motifs is 1. The molecule has 1 N–H and O–H groups in total. The van der Waals surface area contributed by atoms with E-state index in [1.807, 2.05) is 25.1 Å². The van der Waals surface area contributed by atoms with Gasteiger partial charge in [0, 0.05) is 17.8 Å². The number of hydrogen-bond acceptors (Lipinski definition) is 4. The largest absolute Gasteiger partial charge is 0.760 e. The molecule has 0 bridgehead atoms. The highest BCUT2D eigenvalue weighted by Crippen LogP contribution is 2.20. The molecule has 2 aromatic carbocycles. The van der Waals surface area contributed by atoms with Gasteiger partial charge in [-0.05, 0) is 42.3 Å². The number of benzene rings is 2. The topological polar surface area (TPSA) is 82.9 Å². The summed E-state index contributed by atoms with van der Waals surface area (Å²) in [5.74, 6) is -0.497. The molecule has 1 unspecified atom stereocenters. The molecule has 1 aromatic heterocycles. The number of aryl methyl sites for hydroxylation is 1. The molecule has 0 aliphatic carbocycles. The lowest BCUT2D eigenvalue weighted by atomic mass is 10.2. The first kappa shape index (κ1) is 14.8. The summed E-state index contributed by atoms with van der Waals surface area (Å²) in [5, 5.41) is 8.02. The zero-order valence-electron chi connectivity index (χ0n) is 11.6. The monoisotopic (exact) mass is 319 g/mol. The van der Waals surface area contributed by atoms with Crippen LogP contribution in [0.25, 0.3) is 16.7 Å². The summed E-state index contributed by atoms with van der Waals surface area (Å²) in [6, 6.07) is 10.1. The lowest BCUT2D eigenvalue weighted by molar-refractivity contribution is 0.522. The fourth-order valence-electron chi connectivity index (χ4n) is 2.19. The van der Waals surface area contributed by atoms with Crippen LogP contribution in [0.5, 0.6) is 0 Å². The number of nitrogens with zero attached hydrogens (tertiary/aromatic N) is 3. The van der Waals surface area contributed by atoms with E-state index >= 15 is 0 Å². The van der Waals surface area contributed by atoms with Gasteiger partial charge in [-0.2, -0.15) is 0 Å². The summed E-state index contributed by atoms with van der Waals surface area (Å²) in [6.45, 7) is 1.98. The summed E-state index contributed by atoms with van der Waals surface area (Å²) in [5.41, 5.74) is 3.22. The zero-order chi connectivity index (χ0) is 15.7. The summed E-state index contributed by atoms with van der Waals surface area (Å²) in [4.78, 5) is 0. The molecule has 114 valence electrons. The van der Waals surface area contributed by atoms with Gasteiger partial charge in [-0.1, -0.05) is 17.3 Å². The van der Waals surface area contributed by atoms with Gasteiger partial charge >= 0.3 is 0 Å². The summed E-state index contributed by atoms with van der Waals surface area (Å²) < 4.78 is 38.8. The predicted molar refractivity (Wildman–Crippen MR) is 79.3 cm³/mol. The van der Waals surface area contributed by atoms with Crippen LogP contribution in [0.3, 0.4) is 0 Å². The molecule has 0 spiro atoms. The van der Waals surface area contributed by atoms with E-state index in [-0.39, 0.29) is 12.2 Å². The highest BCUT2D eigenvalue weighted by atomic mass is 32.2. The molecule has 0 saturated carbocycles. The maximum absolute atomic E-state index is 14.3. The van der Waals surface area contributed by atoms with E-state index in [9.17, 15) is 13.2 Å². The van der Waals surface area contributed by atoms with Gasteiger partial charge in [0.15, 0.2) is 0 Å². The van der Waals surface area contributed by atoms with Crippen molar-refractivity contribution in [2.45, 2.75) is 13.5 Å². The van der Waals surface area contributed by atoms with Gasteiger partial charge in [0.1, 0.15) is 17.0 Å². The first-order valence-electron chi connectivity index (χ1n) is 6.48. The highest BCUT2D eigenvalue weighted by molar-refractivity contribution is 7.77. The molecule has 3 rings (SSSR count). The molecule has 0 aliphatic heterocycles. The van der Waals surface area contributed by atoms with Gasteiger partial charge in [0.05, 0.1) is 5.52 Å². The Morgan fingerprint density at radius 2 is 2.14 bits per heavy atom. The fourth-order valence-corrected chi connectivity index (χ4v) is 2.47. The van der Waals surface area contributed by atoms with Crippen LogP contribution in [0.15, 0.2) is 36.4 Å². The van der Waals surface area contributed by atoms with Gasteiger partial charge in [-0.15, -0.1) is 5.10 Å². The molecule has 3 aromatic rings. The van der Waals surface area contributed by atoms with E-state index in [4.69, 9.17) is 0 Å². The minimum absolute atomic E-state index is 0.0324. The van der Waals surface area contributed by atoms with E-state index in [1.165, 1.54) is 10.7 Å². The zero-order valence-corrected chi connectivity index (χ0v) is 12.4. The van der Waals surface area contributed by atoms with Crippen LogP contribution >= 0.6 is 0 Å². The summed E-state index contributed by atoms with van der Waals surface area (Å²) in [7, 11) is 0. The van der Waals surface area contributed by atoms with Crippen LogP contribution in [0.1, 0.15) is 11.1 Å². The van der Waals surface area contributed by atoms with Crippen molar-refractivity contribution < 1.29 is 13.2 Å². The Labute approximate surface area is 128 Å². The molecule has 22 heavy (non-hydrogen) atoms. The maximum Gasteiger partial charge on any atom is 0.149 e. The van der Waals surface area contributed by atoms with Crippen molar-refractivity contribution in [3.8, 4) is 5.69 Å². The van der Waals surface area contributed by atoms with Crippen molar-refractivity contribution in [1.29, 1.82) is 0 Å². The minimum atomic E-state index is -2.38. The van der Waals surface area contributed by atoms with Gasteiger partial charge in [0.2, 0.25) is 0 Å². The third-order valence-electron chi connectivity index (χ3n) is 3.24. The lowest BCUT2D eigenvalue weighted by Gasteiger charge is -2.09. The first-order valence-corrected chi connectivity index (χ1v) is 7.56. The van der Waals surface area contributed by atoms with Crippen LogP contribution in [-0.2, 0) is 17.8 Å². The van der Waals surface area contributed by atoms with Crippen molar-refractivity contribution in [2.24, 2.45) is 0 Å². The van der Waals surface area contributed by atoms with Gasteiger partial charge in [-0.3, -0.25) is 4.21 Å². The molecule has 1 atom stereocenters. The quantitative estimate of drug-likeness (QED) is 0.743. The Balaban J connectivity index is 1.98. The summed E-state index contributed by atoms with van der Waals surface area (Å²) >= 11 is -2.38. The molecule has 0 amide bonds. The van der Waals surface area contributed by atoms with Gasteiger partial charge < -0.3 is 4.55 Å². The smallest absolute Gasteiger partial charge is 0.149 e. The second-order valence-electron chi connectivity index (χ2n) is 4.84. The normalized spacial score (nSPS) is 12.7. The van der Waals surface area contributed by atoms with Gasteiger partial charge in [-0.25, -0.2) is 13.8 Å². The Morgan fingerprint density at radius 3 is 2.86 bits per heavy atom. The van der Waals surface area contributed by atoms with Crippen LogP contribution in [0.4, 0.5) is 4.39 Å².